The number of carbonyl (C=O) groups excluding carboxylic acids is 1. The van der Waals surface area contributed by atoms with Gasteiger partial charge in [0, 0.05) is 17.8 Å². The molecule has 0 N–H and O–H groups in total. The van der Waals surface area contributed by atoms with Crippen LogP contribution in [0.15, 0.2) is 54.9 Å². The maximum Gasteiger partial charge on any atom is 0.238 e. The summed E-state index contributed by atoms with van der Waals surface area (Å²) in [5, 5.41) is 21.5. The highest BCUT2D eigenvalue weighted by Gasteiger charge is 2.17. The summed E-state index contributed by atoms with van der Waals surface area (Å²) in [6, 6.07) is 16.2. The van der Waals surface area contributed by atoms with Gasteiger partial charge in [0.2, 0.25) is 5.88 Å². The minimum absolute atomic E-state index is 0.154. The molecule has 0 aliphatic heterocycles. The molecule has 0 amide bonds. The minimum Gasteiger partial charge on any atom is -0.437 e. The monoisotopic (exact) mass is 450 g/mol. The van der Waals surface area contributed by atoms with Crippen LogP contribution in [-0.2, 0) is 0 Å². The molecule has 0 atom stereocenters. The van der Waals surface area contributed by atoms with Crippen molar-refractivity contribution in [2.45, 2.75) is 20.8 Å². The molecule has 10 heteroatoms. The fourth-order valence-corrected chi connectivity index (χ4v) is 3.55. The third-order valence-corrected chi connectivity index (χ3v) is 5.20. The molecular formula is C24H18N8O2. The zero-order valence-electron chi connectivity index (χ0n) is 18.6. The van der Waals surface area contributed by atoms with Crippen molar-refractivity contribution in [1.82, 2.24) is 34.5 Å². The Hall–Kier alpha value is -4.91. The molecule has 4 aromatic heterocycles. The van der Waals surface area contributed by atoms with E-state index in [1.165, 1.54) is 11.6 Å². The van der Waals surface area contributed by atoms with Gasteiger partial charge in [0.15, 0.2) is 17.3 Å². The first-order valence-corrected chi connectivity index (χ1v) is 10.4. The number of aryl methyl sites for hydroxylation is 2. The number of benzene rings is 1. The molecular weight excluding hydrogens is 432 g/mol. The number of ether oxygens (including phenoxy) is 1. The van der Waals surface area contributed by atoms with Gasteiger partial charge in [-0.25, -0.2) is 14.6 Å². The number of ketones is 1. The molecule has 10 nitrogen and oxygen atoms in total. The quantitative estimate of drug-likeness (QED) is 0.370. The van der Waals surface area contributed by atoms with E-state index < -0.39 is 0 Å². The molecule has 0 fully saturated rings. The van der Waals surface area contributed by atoms with Crippen LogP contribution in [0, 0.1) is 25.2 Å². The minimum atomic E-state index is -0.154. The van der Waals surface area contributed by atoms with Crippen molar-refractivity contribution in [2.24, 2.45) is 0 Å². The summed E-state index contributed by atoms with van der Waals surface area (Å²) in [4.78, 5) is 21.4. The summed E-state index contributed by atoms with van der Waals surface area (Å²) in [7, 11) is 0. The average molecular weight is 450 g/mol. The predicted octanol–water partition coefficient (Wildman–Crippen LogP) is 3.88. The normalized spacial score (nSPS) is 10.9. The number of imidazole rings is 1. The lowest BCUT2D eigenvalue weighted by atomic mass is 10.2. The molecule has 0 saturated carbocycles. The zero-order chi connectivity index (χ0) is 23.8. The summed E-state index contributed by atoms with van der Waals surface area (Å²) in [5.74, 6) is 1.71. The van der Waals surface area contributed by atoms with E-state index in [-0.39, 0.29) is 11.5 Å². The van der Waals surface area contributed by atoms with Gasteiger partial charge in [-0.3, -0.25) is 9.36 Å². The Kier molecular flexibility index (Phi) is 5.07. The molecule has 0 bridgehead atoms. The molecule has 0 radical (unpaired) electrons. The van der Waals surface area contributed by atoms with Gasteiger partial charge in [-0.05, 0) is 57.2 Å². The highest BCUT2D eigenvalue weighted by atomic mass is 16.5. The Bertz CT molecular complexity index is 1590. The van der Waals surface area contributed by atoms with E-state index in [1.54, 1.807) is 43.6 Å². The standard InChI is InChI=1S/C24H18N8O2/c1-14-4-9-23(29-28-14)34-18-5-7-21-20(11-18)26-13-31(21)22-8-6-19(16(3)33)24(27-22)32-15(2)10-17(12-25)30-32/h4-11,13H,1-3H3. The van der Waals surface area contributed by atoms with Crippen molar-refractivity contribution in [1.29, 1.82) is 5.26 Å². The number of fused-ring (bicyclic) bond motifs is 1. The second-order valence-corrected chi connectivity index (χ2v) is 7.67. The van der Waals surface area contributed by atoms with E-state index >= 15 is 0 Å². The van der Waals surface area contributed by atoms with E-state index in [9.17, 15) is 10.1 Å². The van der Waals surface area contributed by atoms with E-state index in [1.807, 2.05) is 35.8 Å². The Labute approximate surface area is 194 Å². The second kappa shape index (κ2) is 8.22. The number of aromatic nitrogens is 7. The molecule has 4 heterocycles. The van der Waals surface area contributed by atoms with Crippen molar-refractivity contribution < 1.29 is 9.53 Å². The van der Waals surface area contributed by atoms with Crippen LogP contribution in [0.2, 0.25) is 0 Å². The van der Waals surface area contributed by atoms with Gasteiger partial charge in [-0.1, -0.05) is 0 Å². The highest BCUT2D eigenvalue weighted by molar-refractivity contribution is 5.97. The van der Waals surface area contributed by atoms with Crippen LogP contribution in [0.4, 0.5) is 0 Å². The van der Waals surface area contributed by atoms with Gasteiger partial charge in [0.05, 0.1) is 22.3 Å². The Balaban J connectivity index is 1.55. The number of nitrogens with zero attached hydrogens (tertiary/aromatic N) is 8. The lowest BCUT2D eigenvalue weighted by Gasteiger charge is -2.11. The molecule has 0 unspecified atom stereocenters. The number of nitriles is 1. The topological polar surface area (TPSA) is 124 Å². The number of Topliss-reactive ketones (excluding diaryl/α,β-unsaturated/α-hetero) is 1. The van der Waals surface area contributed by atoms with Gasteiger partial charge in [0.25, 0.3) is 0 Å². The number of pyridine rings is 1. The average Bonchev–Trinajstić information content (AvgIpc) is 3.43. The Morgan fingerprint density at radius 1 is 1.06 bits per heavy atom. The smallest absolute Gasteiger partial charge is 0.238 e. The highest BCUT2D eigenvalue weighted by Crippen LogP contribution is 2.26. The SMILES string of the molecule is CC(=O)c1ccc(-n2cnc3cc(Oc4ccc(C)nn4)ccc32)nc1-n1nc(C#N)cc1C. The Morgan fingerprint density at radius 3 is 2.62 bits per heavy atom. The van der Waals surface area contributed by atoms with Crippen LogP contribution in [0.1, 0.15) is 34.4 Å². The summed E-state index contributed by atoms with van der Waals surface area (Å²) in [6.07, 6.45) is 1.65. The first kappa shape index (κ1) is 21.0. The van der Waals surface area contributed by atoms with E-state index in [4.69, 9.17) is 9.72 Å². The van der Waals surface area contributed by atoms with Crippen molar-refractivity contribution in [3.8, 4) is 29.3 Å². The van der Waals surface area contributed by atoms with E-state index in [0.717, 1.165) is 11.2 Å². The molecule has 5 aromatic rings. The summed E-state index contributed by atoms with van der Waals surface area (Å²) < 4.78 is 9.10. The fourth-order valence-electron chi connectivity index (χ4n) is 3.55. The van der Waals surface area contributed by atoms with Crippen LogP contribution in [-0.4, -0.2) is 40.3 Å². The lowest BCUT2D eigenvalue weighted by molar-refractivity contribution is 0.101. The van der Waals surface area contributed by atoms with Gasteiger partial charge in [-0.2, -0.15) is 15.5 Å². The van der Waals surface area contributed by atoms with Crippen LogP contribution < -0.4 is 4.74 Å². The van der Waals surface area contributed by atoms with Gasteiger partial charge < -0.3 is 4.74 Å². The van der Waals surface area contributed by atoms with Gasteiger partial charge in [-0.15, -0.1) is 5.10 Å². The van der Waals surface area contributed by atoms with E-state index in [2.05, 4.69) is 20.3 Å². The van der Waals surface area contributed by atoms with Crippen LogP contribution in [0.5, 0.6) is 11.6 Å². The molecule has 0 spiro atoms. The fraction of sp³-hybridized carbons (Fsp3) is 0.125. The molecule has 5 rings (SSSR count). The zero-order valence-corrected chi connectivity index (χ0v) is 18.6. The van der Waals surface area contributed by atoms with Crippen molar-refractivity contribution in [3.05, 3.63) is 77.5 Å². The molecule has 166 valence electrons. The maximum absolute atomic E-state index is 12.3. The number of rotatable bonds is 5. The molecule has 1 aromatic carbocycles. The first-order chi connectivity index (χ1) is 16.4. The van der Waals surface area contributed by atoms with Crippen LogP contribution in [0.3, 0.4) is 0 Å². The third-order valence-electron chi connectivity index (χ3n) is 5.20. The largest absolute Gasteiger partial charge is 0.437 e. The van der Waals surface area contributed by atoms with Crippen molar-refractivity contribution in [3.63, 3.8) is 0 Å². The number of hydrogen-bond donors (Lipinski definition) is 0. The Morgan fingerprint density at radius 2 is 1.91 bits per heavy atom. The first-order valence-electron chi connectivity index (χ1n) is 10.4. The predicted molar refractivity (Wildman–Crippen MR) is 122 cm³/mol. The van der Waals surface area contributed by atoms with Gasteiger partial charge in [0.1, 0.15) is 24.0 Å². The molecule has 0 saturated heterocycles. The van der Waals surface area contributed by atoms with Gasteiger partial charge >= 0.3 is 0 Å². The van der Waals surface area contributed by atoms with Crippen molar-refractivity contribution in [2.75, 3.05) is 0 Å². The number of carbonyl (C=O) groups is 1. The summed E-state index contributed by atoms with van der Waals surface area (Å²) in [6.45, 7) is 5.13. The van der Waals surface area contributed by atoms with Crippen LogP contribution >= 0.6 is 0 Å². The van der Waals surface area contributed by atoms with E-state index in [0.29, 0.717) is 40.0 Å². The summed E-state index contributed by atoms with van der Waals surface area (Å²) in [5.41, 5.74) is 3.64. The van der Waals surface area contributed by atoms with Crippen molar-refractivity contribution >= 4 is 16.8 Å². The number of hydrogen-bond acceptors (Lipinski definition) is 8. The summed E-state index contributed by atoms with van der Waals surface area (Å²) >= 11 is 0. The molecule has 0 aliphatic rings. The second-order valence-electron chi connectivity index (χ2n) is 7.67. The van der Waals surface area contributed by atoms with Crippen LogP contribution in [0.25, 0.3) is 22.7 Å². The lowest BCUT2D eigenvalue weighted by Crippen LogP contribution is -2.11. The third kappa shape index (κ3) is 3.75. The molecule has 34 heavy (non-hydrogen) atoms. The maximum atomic E-state index is 12.3. The molecule has 0 aliphatic carbocycles.